The van der Waals surface area contributed by atoms with Gasteiger partial charge in [-0.3, -0.25) is 4.79 Å². The average Bonchev–Trinajstić information content (AvgIpc) is 3.24. The first-order valence-electron chi connectivity index (χ1n) is 8.66. The largest absolute Gasteiger partial charge is 0.336 e. The molecule has 2 atom stereocenters. The monoisotopic (exact) mass is 324 g/mol. The fourth-order valence-electron chi connectivity index (χ4n) is 4.20. The molecule has 0 unspecified atom stereocenters. The lowest BCUT2D eigenvalue weighted by molar-refractivity contribution is -0.127. The van der Waals surface area contributed by atoms with Crippen molar-refractivity contribution >= 4 is 5.91 Å². The van der Waals surface area contributed by atoms with Crippen LogP contribution in [0.15, 0.2) is 36.7 Å². The molecule has 0 radical (unpaired) electrons. The number of nitrogens with one attached hydrogen (secondary N) is 1. The Labute approximate surface area is 142 Å². The van der Waals surface area contributed by atoms with Gasteiger partial charge in [0.25, 0.3) is 0 Å². The molecule has 5 nitrogen and oxygen atoms in total. The Bertz CT molecular complexity index is 728. The van der Waals surface area contributed by atoms with Gasteiger partial charge in [0.1, 0.15) is 5.82 Å². The van der Waals surface area contributed by atoms with Gasteiger partial charge in [-0.25, -0.2) is 4.98 Å². The number of carbonyl (C=O) groups excluding carboxylic acids is 1. The molecule has 5 heteroatoms. The van der Waals surface area contributed by atoms with E-state index in [2.05, 4.69) is 34.6 Å². The van der Waals surface area contributed by atoms with E-state index < -0.39 is 0 Å². The molecule has 1 aromatic heterocycles. The van der Waals surface area contributed by atoms with Crippen molar-refractivity contribution in [3.05, 3.63) is 53.6 Å². The molecule has 1 aromatic carbocycles. The quantitative estimate of drug-likeness (QED) is 0.931. The van der Waals surface area contributed by atoms with Crippen LogP contribution in [0.4, 0.5) is 0 Å². The number of amides is 1. The summed E-state index contributed by atoms with van der Waals surface area (Å²) in [6.07, 6.45) is 6.52. The lowest BCUT2D eigenvalue weighted by atomic mass is 9.98. The van der Waals surface area contributed by atoms with Crippen LogP contribution in [-0.2, 0) is 24.7 Å². The second-order valence-corrected chi connectivity index (χ2v) is 7.09. The normalized spacial score (nSPS) is 23.9. The van der Waals surface area contributed by atoms with Gasteiger partial charge in [0.05, 0.1) is 6.04 Å². The Morgan fingerprint density at radius 1 is 1.17 bits per heavy atom. The zero-order valence-electron chi connectivity index (χ0n) is 14.3. The third-order valence-electron chi connectivity index (χ3n) is 5.54. The summed E-state index contributed by atoms with van der Waals surface area (Å²) < 4.78 is 2.03. The number of hydrogen-bond acceptors (Lipinski definition) is 3. The lowest BCUT2D eigenvalue weighted by Crippen LogP contribution is -2.36. The standard InChI is InChI=1S/C19H24N4O/c1-22-8-7-20-19(22)18-15(11-17(24)23(18)2)12-21-16-9-13-5-3-4-6-14(13)10-16/h3-8,15-16,18,21H,9-12H2,1-2H3/t15-,18+/m0/s1. The summed E-state index contributed by atoms with van der Waals surface area (Å²) in [5, 5.41) is 3.71. The molecule has 2 aliphatic rings. The molecule has 1 aliphatic heterocycles. The van der Waals surface area contributed by atoms with Gasteiger partial charge in [-0.15, -0.1) is 0 Å². The number of aryl methyl sites for hydroxylation is 1. The van der Waals surface area contributed by atoms with E-state index in [0.717, 1.165) is 25.2 Å². The fraction of sp³-hybridized carbons (Fsp3) is 0.474. The van der Waals surface area contributed by atoms with Crippen LogP contribution in [0.5, 0.6) is 0 Å². The molecule has 1 saturated heterocycles. The highest BCUT2D eigenvalue weighted by atomic mass is 16.2. The molecule has 4 rings (SSSR count). The van der Waals surface area contributed by atoms with Crippen molar-refractivity contribution < 1.29 is 4.79 Å². The first-order valence-corrected chi connectivity index (χ1v) is 8.66. The maximum Gasteiger partial charge on any atom is 0.223 e. The minimum Gasteiger partial charge on any atom is -0.336 e. The van der Waals surface area contributed by atoms with Crippen LogP contribution in [0.1, 0.15) is 29.4 Å². The van der Waals surface area contributed by atoms with Crippen LogP contribution in [0.2, 0.25) is 0 Å². The van der Waals surface area contributed by atoms with Crippen molar-refractivity contribution in [2.45, 2.75) is 31.3 Å². The molecule has 24 heavy (non-hydrogen) atoms. The summed E-state index contributed by atoms with van der Waals surface area (Å²) in [6.45, 7) is 0.853. The van der Waals surface area contributed by atoms with E-state index in [-0.39, 0.29) is 17.9 Å². The Balaban J connectivity index is 1.44. The number of likely N-dealkylation sites (tertiary alicyclic amines) is 1. The molecule has 1 N–H and O–H groups in total. The number of aromatic nitrogens is 2. The molecule has 1 fully saturated rings. The van der Waals surface area contributed by atoms with Crippen molar-refractivity contribution in [3.63, 3.8) is 0 Å². The predicted molar refractivity (Wildman–Crippen MR) is 92.5 cm³/mol. The van der Waals surface area contributed by atoms with Gasteiger partial charge in [-0.1, -0.05) is 24.3 Å². The molecule has 2 heterocycles. The molecule has 0 bridgehead atoms. The van der Waals surface area contributed by atoms with Gasteiger partial charge in [0, 0.05) is 51.4 Å². The molecule has 0 spiro atoms. The van der Waals surface area contributed by atoms with E-state index in [1.54, 1.807) is 0 Å². The van der Waals surface area contributed by atoms with E-state index in [1.165, 1.54) is 11.1 Å². The topological polar surface area (TPSA) is 50.2 Å². The number of nitrogens with zero attached hydrogens (tertiary/aromatic N) is 3. The Hall–Kier alpha value is -2.14. The molecule has 126 valence electrons. The molecule has 1 amide bonds. The van der Waals surface area contributed by atoms with Crippen LogP contribution >= 0.6 is 0 Å². The number of hydrogen-bond donors (Lipinski definition) is 1. The summed E-state index contributed by atoms with van der Waals surface area (Å²) in [4.78, 5) is 18.6. The summed E-state index contributed by atoms with van der Waals surface area (Å²) in [6, 6.07) is 9.21. The zero-order valence-corrected chi connectivity index (χ0v) is 14.3. The van der Waals surface area contributed by atoms with Crippen LogP contribution in [-0.4, -0.2) is 40.0 Å². The first kappa shape index (κ1) is 15.4. The maximum absolute atomic E-state index is 12.2. The van der Waals surface area contributed by atoms with E-state index in [1.807, 2.05) is 36.0 Å². The average molecular weight is 324 g/mol. The van der Waals surface area contributed by atoms with Gasteiger partial charge in [-0.2, -0.15) is 0 Å². The third kappa shape index (κ3) is 2.63. The van der Waals surface area contributed by atoms with Crippen molar-refractivity contribution in [1.29, 1.82) is 0 Å². The number of carbonyl (C=O) groups is 1. The maximum atomic E-state index is 12.2. The fourth-order valence-corrected chi connectivity index (χ4v) is 4.20. The summed E-state index contributed by atoms with van der Waals surface area (Å²) in [7, 11) is 3.89. The minimum atomic E-state index is 0.0637. The van der Waals surface area contributed by atoms with Gasteiger partial charge in [-0.05, 0) is 24.0 Å². The van der Waals surface area contributed by atoms with Crippen molar-refractivity contribution in [1.82, 2.24) is 19.8 Å². The highest BCUT2D eigenvalue weighted by Gasteiger charge is 2.40. The van der Waals surface area contributed by atoms with Crippen LogP contribution in [0, 0.1) is 5.92 Å². The van der Waals surface area contributed by atoms with Crippen LogP contribution < -0.4 is 5.32 Å². The van der Waals surface area contributed by atoms with E-state index >= 15 is 0 Å². The van der Waals surface area contributed by atoms with E-state index in [0.29, 0.717) is 12.5 Å². The van der Waals surface area contributed by atoms with Crippen LogP contribution in [0.3, 0.4) is 0 Å². The molecule has 0 saturated carbocycles. The molecular formula is C19H24N4O. The second kappa shape index (κ2) is 6.06. The molecular weight excluding hydrogens is 300 g/mol. The summed E-state index contributed by atoms with van der Waals surface area (Å²) in [5.41, 5.74) is 2.91. The number of imidazole rings is 1. The predicted octanol–water partition coefficient (Wildman–Crippen LogP) is 1.70. The van der Waals surface area contributed by atoms with Crippen molar-refractivity contribution in [3.8, 4) is 0 Å². The SMILES string of the molecule is CN1C(=O)C[C@@H](CNC2Cc3ccccc3C2)[C@@H]1c1nccn1C. The lowest BCUT2D eigenvalue weighted by Gasteiger charge is -2.25. The number of benzene rings is 1. The smallest absolute Gasteiger partial charge is 0.223 e. The highest BCUT2D eigenvalue weighted by Crippen LogP contribution is 2.35. The van der Waals surface area contributed by atoms with Crippen LogP contribution in [0.25, 0.3) is 0 Å². The van der Waals surface area contributed by atoms with Crippen molar-refractivity contribution in [2.24, 2.45) is 13.0 Å². The van der Waals surface area contributed by atoms with Gasteiger partial charge >= 0.3 is 0 Å². The molecule has 1 aliphatic carbocycles. The third-order valence-corrected chi connectivity index (χ3v) is 5.54. The zero-order chi connectivity index (χ0) is 16.7. The van der Waals surface area contributed by atoms with Gasteiger partial charge in [0.2, 0.25) is 5.91 Å². The Morgan fingerprint density at radius 2 is 1.88 bits per heavy atom. The minimum absolute atomic E-state index is 0.0637. The summed E-state index contributed by atoms with van der Waals surface area (Å²) >= 11 is 0. The van der Waals surface area contributed by atoms with Gasteiger partial charge < -0.3 is 14.8 Å². The number of fused-ring (bicyclic) bond motifs is 1. The van der Waals surface area contributed by atoms with Gasteiger partial charge in [0.15, 0.2) is 0 Å². The molecule has 2 aromatic rings. The van der Waals surface area contributed by atoms with E-state index in [9.17, 15) is 4.79 Å². The van der Waals surface area contributed by atoms with E-state index in [4.69, 9.17) is 0 Å². The second-order valence-electron chi connectivity index (χ2n) is 7.09. The Morgan fingerprint density at radius 3 is 2.50 bits per heavy atom. The first-order chi connectivity index (χ1) is 11.6. The highest BCUT2D eigenvalue weighted by molar-refractivity contribution is 5.79. The summed E-state index contributed by atoms with van der Waals surface area (Å²) in [5.74, 6) is 1.46. The van der Waals surface area contributed by atoms with Crippen molar-refractivity contribution in [2.75, 3.05) is 13.6 Å². The Kier molecular flexibility index (Phi) is 3.88. The number of rotatable bonds is 4.